The quantitative estimate of drug-likeness (QED) is 0.675. The largest absolute Gasteiger partial charge is 0.460 e. The summed E-state index contributed by atoms with van der Waals surface area (Å²) in [5.74, 6) is -0.561. The van der Waals surface area contributed by atoms with E-state index in [2.05, 4.69) is 5.32 Å². The van der Waals surface area contributed by atoms with Crippen LogP contribution in [-0.4, -0.2) is 72.8 Å². The summed E-state index contributed by atoms with van der Waals surface area (Å²) < 4.78 is 11.3. The van der Waals surface area contributed by atoms with E-state index in [9.17, 15) is 14.4 Å². The molecule has 32 heavy (non-hydrogen) atoms. The molecular formula is C24H37N3O5. The lowest BCUT2D eigenvalue weighted by atomic mass is 9.96. The Balaban J connectivity index is 2.02. The summed E-state index contributed by atoms with van der Waals surface area (Å²) >= 11 is 0. The number of urea groups is 1. The minimum Gasteiger partial charge on any atom is -0.460 e. The fraction of sp³-hybridized carbons (Fsp3) is 0.625. The lowest BCUT2D eigenvalue weighted by Gasteiger charge is -2.34. The molecule has 0 aliphatic carbocycles. The Morgan fingerprint density at radius 2 is 1.72 bits per heavy atom. The molecule has 1 aromatic rings. The van der Waals surface area contributed by atoms with Gasteiger partial charge in [0, 0.05) is 33.6 Å². The lowest BCUT2D eigenvalue weighted by Crippen LogP contribution is -2.48. The van der Waals surface area contributed by atoms with Crippen molar-refractivity contribution in [3.63, 3.8) is 0 Å². The molecule has 1 aliphatic heterocycles. The molecule has 1 N–H and O–H groups in total. The fourth-order valence-electron chi connectivity index (χ4n) is 3.59. The zero-order valence-corrected chi connectivity index (χ0v) is 20.1. The molecule has 2 atom stereocenters. The highest BCUT2D eigenvalue weighted by atomic mass is 16.6. The summed E-state index contributed by atoms with van der Waals surface area (Å²) in [4.78, 5) is 40.6. The van der Waals surface area contributed by atoms with Gasteiger partial charge in [-0.3, -0.25) is 4.79 Å². The molecule has 1 heterocycles. The average molecular weight is 448 g/mol. The van der Waals surface area contributed by atoms with Crippen molar-refractivity contribution in [2.75, 3.05) is 27.2 Å². The zero-order chi connectivity index (χ0) is 23.9. The van der Waals surface area contributed by atoms with Gasteiger partial charge in [-0.05, 0) is 46.1 Å². The lowest BCUT2D eigenvalue weighted by molar-refractivity contribution is -0.156. The van der Waals surface area contributed by atoms with Gasteiger partial charge in [0.05, 0.1) is 12.0 Å². The van der Waals surface area contributed by atoms with Crippen molar-refractivity contribution < 1.29 is 23.9 Å². The van der Waals surface area contributed by atoms with Gasteiger partial charge in [0.2, 0.25) is 0 Å². The van der Waals surface area contributed by atoms with E-state index in [1.165, 1.54) is 0 Å². The van der Waals surface area contributed by atoms with Gasteiger partial charge in [0.15, 0.2) is 0 Å². The molecule has 1 fully saturated rings. The number of amides is 3. The fourth-order valence-corrected chi connectivity index (χ4v) is 3.59. The van der Waals surface area contributed by atoms with E-state index in [1.54, 1.807) is 44.7 Å². The van der Waals surface area contributed by atoms with E-state index in [0.717, 1.165) is 5.56 Å². The van der Waals surface area contributed by atoms with Crippen LogP contribution in [-0.2, 0) is 20.7 Å². The normalized spacial score (nSPS) is 16.6. The maximum atomic E-state index is 12.9. The smallest absolute Gasteiger partial charge is 0.407 e. The molecule has 1 aromatic carbocycles. The molecule has 3 amide bonds. The highest BCUT2D eigenvalue weighted by Crippen LogP contribution is 2.22. The van der Waals surface area contributed by atoms with E-state index in [1.807, 2.05) is 37.3 Å². The predicted molar refractivity (Wildman–Crippen MR) is 122 cm³/mol. The molecular weight excluding hydrogens is 410 g/mol. The summed E-state index contributed by atoms with van der Waals surface area (Å²) in [6, 6.07) is 9.22. The van der Waals surface area contributed by atoms with Crippen LogP contribution in [0.4, 0.5) is 9.59 Å². The second-order valence-corrected chi connectivity index (χ2v) is 9.54. The molecule has 8 heteroatoms. The van der Waals surface area contributed by atoms with E-state index >= 15 is 0 Å². The third kappa shape index (κ3) is 8.05. The van der Waals surface area contributed by atoms with Crippen LogP contribution in [0.15, 0.2) is 30.3 Å². The maximum absolute atomic E-state index is 12.9. The second-order valence-electron chi connectivity index (χ2n) is 9.54. The average Bonchev–Trinajstić information content (AvgIpc) is 2.72. The number of hydrogen-bond donors (Lipinski definition) is 1. The number of benzene rings is 1. The van der Waals surface area contributed by atoms with Crippen LogP contribution in [0.3, 0.4) is 0 Å². The summed E-state index contributed by atoms with van der Waals surface area (Å²) in [6.07, 6.45) is 0.504. The number of piperidine rings is 1. The van der Waals surface area contributed by atoms with Gasteiger partial charge in [0.25, 0.3) is 0 Å². The van der Waals surface area contributed by atoms with Gasteiger partial charge in [-0.25, -0.2) is 9.59 Å². The van der Waals surface area contributed by atoms with Crippen molar-refractivity contribution in [2.45, 2.75) is 64.7 Å². The zero-order valence-electron chi connectivity index (χ0n) is 20.1. The van der Waals surface area contributed by atoms with Crippen LogP contribution in [0.2, 0.25) is 0 Å². The summed E-state index contributed by atoms with van der Waals surface area (Å²) in [6.45, 7) is 8.24. The topological polar surface area (TPSA) is 88.2 Å². The van der Waals surface area contributed by atoms with Gasteiger partial charge in [-0.2, -0.15) is 0 Å². The first kappa shape index (κ1) is 25.5. The summed E-state index contributed by atoms with van der Waals surface area (Å²) in [5, 5.41) is 2.80. The molecule has 8 nitrogen and oxygen atoms in total. The summed E-state index contributed by atoms with van der Waals surface area (Å²) in [5.41, 5.74) is 0.391. The van der Waals surface area contributed by atoms with Crippen molar-refractivity contribution >= 4 is 18.1 Å². The SMILES string of the molecule is C[C@H](NC(=O)OC(C)(C)C)[C@@H](Cc1ccccc1)OC(=O)C1CCN(C(=O)N(C)C)CC1. The van der Waals surface area contributed by atoms with Gasteiger partial charge in [0.1, 0.15) is 11.7 Å². The van der Waals surface area contributed by atoms with E-state index in [-0.39, 0.29) is 17.9 Å². The first-order valence-electron chi connectivity index (χ1n) is 11.2. The van der Waals surface area contributed by atoms with Gasteiger partial charge >= 0.3 is 18.1 Å². The van der Waals surface area contributed by atoms with Crippen LogP contribution in [0.5, 0.6) is 0 Å². The molecule has 1 saturated heterocycles. The van der Waals surface area contributed by atoms with Gasteiger partial charge in [-0.1, -0.05) is 30.3 Å². The molecule has 1 aliphatic rings. The minimum atomic E-state index is -0.618. The van der Waals surface area contributed by atoms with Crippen LogP contribution >= 0.6 is 0 Å². The highest BCUT2D eigenvalue weighted by molar-refractivity contribution is 5.76. The molecule has 0 radical (unpaired) electrons. The number of likely N-dealkylation sites (tertiary alicyclic amines) is 1. The molecule has 0 aromatic heterocycles. The molecule has 0 saturated carbocycles. The van der Waals surface area contributed by atoms with Gasteiger partial charge in [-0.15, -0.1) is 0 Å². The molecule has 0 unspecified atom stereocenters. The Morgan fingerprint density at radius 1 is 1.12 bits per heavy atom. The van der Waals surface area contributed by atoms with Crippen molar-refractivity contribution in [2.24, 2.45) is 5.92 Å². The number of ether oxygens (including phenoxy) is 2. The van der Waals surface area contributed by atoms with Crippen molar-refractivity contribution in [3.05, 3.63) is 35.9 Å². The number of nitrogens with one attached hydrogen (secondary N) is 1. The third-order valence-corrected chi connectivity index (χ3v) is 5.33. The number of carbonyl (C=O) groups is 3. The molecule has 0 bridgehead atoms. The first-order chi connectivity index (χ1) is 15.0. The number of alkyl carbamates (subject to hydrolysis) is 1. The number of hydrogen-bond acceptors (Lipinski definition) is 5. The minimum absolute atomic E-state index is 0.0473. The monoisotopic (exact) mass is 447 g/mol. The summed E-state index contributed by atoms with van der Waals surface area (Å²) in [7, 11) is 3.44. The van der Waals surface area contributed by atoms with Crippen LogP contribution < -0.4 is 5.32 Å². The standard InChI is InChI=1S/C24H37N3O5/c1-17(25-22(29)32-24(2,3)4)20(16-18-10-8-7-9-11-18)31-21(28)19-12-14-27(15-13-19)23(30)26(5)6/h7-11,17,19-20H,12-16H2,1-6H3,(H,25,29)/t17-,20+/m0/s1. The Hall–Kier alpha value is -2.77. The Kier molecular flexibility index (Phi) is 8.92. The van der Waals surface area contributed by atoms with Crippen molar-refractivity contribution in [3.8, 4) is 0 Å². The number of rotatable bonds is 6. The second kappa shape index (κ2) is 11.2. The van der Waals surface area contributed by atoms with Gasteiger partial charge < -0.3 is 24.6 Å². The Labute approximate surface area is 191 Å². The van der Waals surface area contributed by atoms with E-state index < -0.39 is 23.8 Å². The Bertz CT molecular complexity index is 768. The molecule has 178 valence electrons. The molecule has 2 rings (SSSR count). The van der Waals surface area contributed by atoms with E-state index in [0.29, 0.717) is 32.4 Å². The highest BCUT2D eigenvalue weighted by Gasteiger charge is 2.32. The van der Waals surface area contributed by atoms with Crippen LogP contribution in [0, 0.1) is 5.92 Å². The van der Waals surface area contributed by atoms with Crippen molar-refractivity contribution in [1.29, 1.82) is 0 Å². The maximum Gasteiger partial charge on any atom is 0.407 e. The van der Waals surface area contributed by atoms with E-state index in [4.69, 9.17) is 9.47 Å². The predicted octanol–water partition coefficient (Wildman–Crippen LogP) is 3.45. The third-order valence-electron chi connectivity index (χ3n) is 5.33. The molecule has 0 spiro atoms. The Morgan fingerprint density at radius 3 is 2.25 bits per heavy atom. The van der Waals surface area contributed by atoms with Crippen molar-refractivity contribution in [1.82, 2.24) is 15.1 Å². The first-order valence-corrected chi connectivity index (χ1v) is 11.2. The number of nitrogens with zero attached hydrogens (tertiary/aromatic N) is 2. The number of carbonyl (C=O) groups excluding carboxylic acids is 3. The number of esters is 1. The van der Waals surface area contributed by atoms with Crippen LogP contribution in [0.25, 0.3) is 0 Å². The van der Waals surface area contributed by atoms with Crippen LogP contribution in [0.1, 0.15) is 46.1 Å².